The summed E-state index contributed by atoms with van der Waals surface area (Å²) in [6, 6.07) is 19.4. The fraction of sp³-hybridized carbons (Fsp3) is 0.391. The minimum absolute atomic E-state index is 0.0703. The van der Waals surface area contributed by atoms with Gasteiger partial charge in [0, 0.05) is 38.3 Å². The van der Waals surface area contributed by atoms with Gasteiger partial charge in [0.1, 0.15) is 0 Å². The highest BCUT2D eigenvalue weighted by atomic mass is 16.5. The Labute approximate surface area is 173 Å². The van der Waals surface area contributed by atoms with Gasteiger partial charge < -0.3 is 20.7 Å². The number of amides is 1. The number of ether oxygens (including phenoxy) is 1. The van der Waals surface area contributed by atoms with Gasteiger partial charge in [-0.05, 0) is 38.0 Å². The predicted molar refractivity (Wildman–Crippen MR) is 118 cm³/mol. The summed E-state index contributed by atoms with van der Waals surface area (Å²) in [5.41, 5.74) is 1.85. The van der Waals surface area contributed by atoms with Crippen LogP contribution in [0.2, 0.25) is 0 Å². The van der Waals surface area contributed by atoms with Crippen molar-refractivity contribution in [2.75, 3.05) is 32.8 Å². The summed E-state index contributed by atoms with van der Waals surface area (Å²) < 4.78 is 5.88. The average molecular weight is 397 g/mol. The fourth-order valence-electron chi connectivity index (χ4n) is 2.73. The zero-order chi connectivity index (χ0) is 20.7. The molecule has 2 rings (SSSR count). The smallest absolute Gasteiger partial charge is 0.251 e. The first-order valence-electron chi connectivity index (χ1n) is 10.2. The molecule has 1 amide bonds. The average Bonchev–Trinajstić information content (AvgIpc) is 2.77. The summed E-state index contributed by atoms with van der Waals surface area (Å²) in [5, 5.41) is 9.35. The molecule has 29 heavy (non-hydrogen) atoms. The first kappa shape index (κ1) is 22.4. The number of aliphatic imine (C=N–C) groups is 1. The van der Waals surface area contributed by atoms with Crippen LogP contribution in [0.5, 0.6) is 0 Å². The highest BCUT2D eigenvalue weighted by Gasteiger charge is 2.05. The van der Waals surface area contributed by atoms with Crippen LogP contribution < -0.4 is 16.0 Å². The highest BCUT2D eigenvalue weighted by Crippen LogP contribution is 2.15. The zero-order valence-corrected chi connectivity index (χ0v) is 17.4. The van der Waals surface area contributed by atoms with Crippen molar-refractivity contribution in [2.45, 2.75) is 26.4 Å². The van der Waals surface area contributed by atoms with E-state index < -0.39 is 0 Å². The molecule has 0 spiro atoms. The molecule has 6 nitrogen and oxygen atoms in total. The van der Waals surface area contributed by atoms with Crippen LogP contribution in [0.15, 0.2) is 65.7 Å². The van der Waals surface area contributed by atoms with E-state index in [1.165, 1.54) is 5.56 Å². The van der Waals surface area contributed by atoms with Gasteiger partial charge in [-0.25, -0.2) is 0 Å². The lowest BCUT2D eigenvalue weighted by Crippen LogP contribution is -2.41. The molecule has 0 aliphatic rings. The molecule has 0 aliphatic heterocycles. The Morgan fingerprint density at radius 3 is 2.31 bits per heavy atom. The molecule has 0 bridgehead atoms. The Kier molecular flexibility index (Phi) is 10.3. The van der Waals surface area contributed by atoms with Gasteiger partial charge in [0.2, 0.25) is 0 Å². The molecule has 6 heteroatoms. The Bertz CT molecular complexity index is 735. The summed E-state index contributed by atoms with van der Waals surface area (Å²) in [5.74, 6) is 0.677. The lowest BCUT2D eigenvalue weighted by molar-refractivity contribution is 0.0652. The summed E-state index contributed by atoms with van der Waals surface area (Å²) in [4.78, 5) is 16.6. The quantitative estimate of drug-likeness (QED) is 0.310. The van der Waals surface area contributed by atoms with Crippen LogP contribution in [0.3, 0.4) is 0 Å². The molecular weight excluding hydrogens is 364 g/mol. The number of carbonyl (C=O) groups is 1. The number of carbonyl (C=O) groups excluding carboxylic acids is 1. The van der Waals surface area contributed by atoms with Crippen molar-refractivity contribution in [3.63, 3.8) is 0 Å². The van der Waals surface area contributed by atoms with Crippen molar-refractivity contribution in [2.24, 2.45) is 4.99 Å². The van der Waals surface area contributed by atoms with E-state index in [1.54, 1.807) is 12.1 Å². The van der Waals surface area contributed by atoms with Gasteiger partial charge in [-0.15, -0.1) is 0 Å². The molecule has 0 fully saturated rings. The largest absolute Gasteiger partial charge is 0.374 e. The van der Waals surface area contributed by atoms with Gasteiger partial charge >= 0.3 is 0 Å². The molecule has 2 aromatic carbocycles. The van der Waals surface area contributed by atoms with Gasteiger partial charge in [-0.2, -0.15) is 0 Å². The summed E-state index contributed by atoms with van der Waals surface area (Å²) in [7, 11) is 0. The van der Waals surface area contributed by atoms with E-state index in [1.807, 2.05) is 43.3 Å². The number of nitrogens with one attached hydrogen (secondary N) is 3. The van der Waals surface area contributed by atoms with E-state index >= 15 is 0 Å². The summed E-state index contributed by atoms with van der Waals surface area (Å²) in [6.07, 6.45) is 0.929. The molecule has 0 heterocycles. The molecule has 1 atom stereocenters. The molecule has 2 aromatic rings. The predicted octanol–water partition coefficient (Wildman–Crippen LogP) is 3.14. The molecule has 0 saturated carbocycles. The Morgan fingerprint density at radius 2 is 1.62 bits per heavy atom. The second kappa shape index (κ2) is 13.3. The number of hydrogen-bond acceptors (Lipinski definition) is 3. The van der Waals surface area contributed by atoms with Gasteiger partial charge in [-0.3, -0.25) is 9.79 Å². The Hall–Kier alpha value is -2.86. The van der Waals surface area contributed by atoms with Crippen LogP contribution in [-0.2, 0) is 4.74 Å². The maximum absolute atomic E-state index is 12.0. The fourth-order valence-corrected chi connectivity index (χ4v) is 2.73. The van der Waals surface area contributed by atoms with E-state index in [0.29, 0.717) is 31.8 Å². The standard InChI is InChI=1S/C23H32N4O2/c1-3-24-23(27-17-16-25-22(28)21-13-8-5-9-14-21)26-15-10-18-29-19(2)20-11-6-4-7-12-20/h4-9,11-14,19H,3,10,15-18H2,1-2H3,(H,25,28)(H2,24,26,27). The second-order valence-electron chi connectivity index (χ2n) is 6.59. The third-order valence-corrected chi connectivity index (χ3v) is 4.29. The van der Waals surface area contributed by atoms with Crippen LogP contribution in [0.4, 0.5) is 0 Å². The van der Waals surface area contributed by atoms with Crippen LogP contribution in [0.25, 0.3) is 0 Å². The normalized spacial score (nSPS) is 12.3. The Balaban J connectivity index is 1.63. The van der Waals surface area contributed by atoms with Crippen molar-refractivity contribution in [1.29, 1.82) is 0 Å². The Morgan fingerprint density at radius 1 is 0.966 bits per heavy atom. The minimum Gasteiger partial charge on any atom is -0.374 e. The first-order chi connectivity index (χ1) is 14.2. The SMILES string of the molecule is CCNC(=NCCCOC(C)c1ccccc1)NCCNC(=O)c1ccccc1. The number of rotatable bonds is 11. The first-order valence-corrected chi connectivity index (χ1v) is 10.2. The maximum atomic E-state index is 12.0. The van der Waals surface area contributed by atoms with Crippen molar-refractivity contribution in [3.05, 3.63) is 71.8 Å². The number of benzene rings is 2. The van der Waals surface area contributed by atoms with Crippen molar-refractivity contribution >= 4 is 11.9 Å². The second-order valence-corrected chi connectivity index (χ2v) is 6.59. The van der Waals surface area contributed by atoms with Crippen LogP contribution in [0.1, 0.15) is 42.3 Å². The van der Waals surface area contributed by atoms with E-state index in [4.69, 9.17) is 4.74 Å². The van der Waals surface area contributed by atoms with Crippen LogP contribution in [-0.4, -0.2) is 44.7 Å². The van der Waals surface area contributed by atoms with E-state index in [-0.39, 0.29) is 12.0 Å². The minimum atomic E-state index is -0.0703. The number of nitrogens with zero attached hydrogens (tertiary/aromatic N) is 1. The lowest BCUT2D eigenvalue weighted by atomic mass is 10.1. The monoisotopic (exact) mass is 396 g/mol. The lowest BCUT2D eigenvalue weighted by Gasteiger charge is -2.14. The molecule has 3 N–H and O–H groups in total. The molecule has 156 valence electrons. The van der Waals surface area contributed by atoms with Crippen molar-refractivity contribution in [1.82, 2.24) is 16.0 Å². The third kappa shape index (κ3) is 8.79. The van der Waals surface area contributed by atoms with E-state index in [2.05, 4.69) is 40.0 Å². The van der Waals surface area contributed by atoms with Crippen molar-refractivity contribution in [3.8, 4) is 0 Å². The van der Waals surface area contributed by atoms with Gasteiger partial charge in [-0.1, -0.05) is 48.5 Å². The molecule has 0 aliphatic carbocycles. The van der Waals surface area contributed by atoms with E-state index in [9.17, 15) is 4.79 Å². The third-order valence-electron chi connectivity index (χ3n) is 4.29. The topological polar surface area (TPSA) is 74.8 Å². The zero-order valence-electron chi connectivity index (χ0n) is 17.4. The van der Waals surface area contributed by atoms with Gasteiger partial charge in [0.05, 0.1) is 6.10 Å². The highest BCUT2D eigenvalue weighted by molar-refractivity contribution is 5.94. The summed E-state index contributed by atoms with van der Waals surface area (Å²) >= 11 is 0. The van der Waals surface area contributed by atoms with Crippen molar-refractivity contribution < 1.29 is 9.53 Å². The molecule has 0 radical (unpaired) electrons. The summed E-state index contributed by atoms with van der Waals surface area (Å²) in [6.45, 7) is 7.33. The molecular formula is C23H32N4O2. The molecule has 1 unspecified atom stereocenters. The number of hydrogen-bond donors (Lipinski definition) is 3. The maximum Gasteiger partial charge on any atom is 0.251 e. The van der Waals surface area contributed by atoms with Crippen LogP contribution in [0, 0.1) is 0 Å². The molecule has 0 aromatic heterocycles. The van der Waals surface area contributed by atoms with Crippen LogP contribution >= 0.6 is 0 Å². The molecule has 0 saturated heterocycles. The van der Waals surface area contributed by atoms with Gasteiger partial charge in [0.15, 0.2) is 5.96 Å². The van der Waals surface area contributed by atoms with E-state index in [0.717, 1.165) is 18.9 Å². The number of guanidine groups is 1. The van der Waals surface area contributed by atoms with Gasteiger partial charge in [0.25, 0.3) is 5.91 Å².